The van der Waals surface area contributed by atoms with Crippen molar-refractivity contribution in [2.75, 3.05) is 19.0 Å². The zero-order chi connectivity index (χ0) is 19.6. The SMILES string of the molecule is CCCCc1ccc(NC(=O)CCc2ccc(OCC)c(OC)c2)c(Br)c1. The Morgan fingerprint density at radius 1 is 1.04 bits per heavy atom. The molecule has 0 fully saturated rings. The third-order valence-corrected chi connectivity index (χ3v) is 4.95. The lowest BCUT2D eigenvalue weighted by Gasteiger charge is -2.12. The molecule has 0 aromatic heterocycles. The van der Waals surface area contributed by atoms with Gasteiger partial charge in [0, 0.05) is 10.9 Å². The van der Waals surface area contributed by atoms with E-state index >= 15 is 0 Å². The van der Waals surface area contributed by atoms with E-state index in [1.54, 1.807) is 7.11 Å². The van der Waals surface area contributed by atoms with Gasteiger partial charge in [0.25, 0.3) is 0 Å². The Bertz CT molecular complexity index is 761. The number of hydrogen-bond donors (Lipinski definition) is 1. The van der Waals surface area contributed by atoms with Crippen LogP contribution in [-0.4, -0.2) is 19.6 Å². The van der Waals surface area contributed by atoms with E-state index in [1.807, 2.05) is 31.2 Å². The van der Waals surface area contributed by atoms with Gasteiger partial charge < -0.3 is 14.8 Å². The second kappa shape index (κ2) is 11.0. The molecule has 0 spiro atoms. The molecule has 1 amide bonds. The zero-order valence-electron chi connectivity index (χ0n) is 16.3. The summed E-state index contributed by atoms with van der Waals surface area (Å²) in [4.78, 5) is 12.3. The molecule has 0 saturated carbocycles. The first-order chi connectivity index (χ1) is 13.1. The Morgan fingerprint density at radius 3 is 2.44 bits per heavy atom. The van der Waals surface area contributed by atoms with Gasteiger partial charge in [-0.25, -0.2) is 0 Å². The average Bonchev–Trinajstić information content (AvgIpc) is 2.67. The summed E-state index contributed by atoms with van der Waals surface area (Å²) in [7, 11) is 1.62. The predicted octanol–water partition coefficient (Wildman–Crippen LogP) is 5.77. The molecule has 0 aliphatic carbocycles. The van der Waals surface area contributed by atoms with E-state index in [0.29, 0.717) is 25.2 Å². The third-order valence-electron chi connectivity index (χ3n) is 4.30. The van der Waals surface area contributed by atoms with Crippen molar-refractivity contribution in [2.24, 2.45) is 0 Å². The summed E-state index contributed by atoms with van der Waals surface area (Å²) in [5.74, 6) is 1.41. The van der Waals surface area contributed by atoms with E-state index in [0.717, 1.165) is 27.9 Å². The van der Waals surface area contributed by atoms with Gasteiger partial charge in [-0.15, -0.1) is 0 Å². The van der Waals surface area contributed by atoms with E-state index in [4.69, 9.17) is 9.47 Å². The molecule has 5 heteroatoms. The molecule has 0 aliphatic heterocycles. The highest BCUT2D eigenvalue weighted by atomic mass is 79.9. The van der Waals surface area contributed by atoms with Gasteiger partial charge in [-0.3, -0.25) is 4.79 Å². The molecule has 0 aliphatic rings. The van der Waals surface area contributed by atoms with Gasteiger partial charge in [-0.05, 0) is 77.5 Å². The quantitative estimate of drug-likeness (QED) is 0.517. The summed E-state index contributed by atoms with van der Waals surface area (Å²) in [5, 5.41) is 2.98. The molecule has 27 heavy (non-hydrogen) atoms. The molecule has 146 valence electrons. The minimum absolute atomic E-state index is 0.00939. The zero-order valence-corrected chi connectivity index (χ0v) is 17.9. The number of benzene rings is 2. The molecule has 0 atom stereocenters. The van der Waals surface area contributed by atoms with Crippen LogP contribution in [0.1, 0.15) is 44.2 Å². The second-order valence-corrected chi connectivity index (χ2v) is 7.24. The number of amides is 1. The lowest BCUT2D eigenvalue weighted by Crippen LogP contribution is -2.13. The molecule has 2 rings (SSSR count). The van der Waals surface area contributed by atoms with Gasteiger partial charge in [0.1, 0.15) is 0 Å². The second-order valence-electron chi connectivity index (χ2n) is 6.38. The largest absolute Gasteiger partial charge is 0.493 e. The van der Waals surface area contributed by atoms with Crippen molar-refractivity contribution in [3.8, 4) is 11.5 Å². The number of carbonyl (C=O) groups is 1. The molecule has 0 saturated heterocycles. The summed E-state index contributed by atoms with van der Waals surface area (Å²) in [5.41, 5.74) is 3.13. The molecule has 4 nitrogen and oxygen atoms in total. The first kappa shape index (κ1) is 21.3. The normalized spacial score (nSPS) is 10.5. The maximum Gasteiger partial charge on any atom is 0.224 e. The van der Waals surface area contributed by atoms with Gasteiger partial charge in [-0.2, -0.15) is 0 Å². The summed E-state index contributed by atoms with van der Waals surface area (Å²) < 4.78 is 11.8. The number of unbranched alkanes of at least 4 members (excludes halogenated alkanes) is 1. The van der Waals surface area contributed by atoms with Crippen LogP contribution in [0.3, 0.4) is 0 Å². The molecular formula is C22H28BrNO3. The summed E-state index contributed by atoms with van der Waals surface area (Å²) in [6.45, 7) is 4.71. The molecule has 0 unspecified atom stereocenters. The standard InChI is InChI=1S/C22H28BrNO3/c1-4-6-7-16-8-11-19(18(23)14-16)24-22(25)13-10-17-9-12-20(27-5-2)21(15-17)26-3/h8-9,11-12,14-15H,4-7,10,13H2,1-3H3,(H,24,25). The van der Waals surface area contributed by atoms with Crippen LogP contribution in [0.15, 0.2) is 40.9 Å². The highest BCUT2D eigenvalue weighted by molar-refractivity contribution is 9.10. The fourth-order valence-electron chi connectivity index (χ4n) is 2.81. The van der Waals surface area contributed by atoms with Gasteiger partial charge >= 0.3 is 0 Å². The van der Waals surface area contributed by atoms with E-state index in [2.05, 4.69) is 40.3 Å². The average molecular weight is 434 g/mol. The molecule has 2 aromatic rings. The van der Waals surface area contributed by atoms with Crippen molar-refractivity contribution >= 4 is 27.5 Å². The lowest BCUT2D eigenvalue weighted by molar-refractivity contribution is -0.116. The van der Waals surface area contributed by atoms with Gasteiger partial charge in [0.15, 0.2) is 11.5 Å². The first-order valence-corrected chi connectivity index (χ1v) is 10.2. The van der Waals surface area contributed by atoms with E-state index in [-0.39, 0.29) is 5.91 Å². The Labute approximate surface area is 170 Å². The van der Waals surface area contributed by atoms with Gasteiger partial charge in [0.2, 0.25) is 5.91 Å². The minimum Gasteiger partial charge on any atom is -0.493 e. The number of hydrogen-bond acceptors (Lipinski definition) is 3. The Hall–Kier alpha value is -2.01. The number of nitrogens with one attached hydrogen (secondary N) is 1. The highest BCUT2D eigenvalue weighted by Gasteiger charge is 2.09. The first-order valence-electron chi connectivity index (χ1n) is 9.45. The number of methoxy groups -OCH3 is 1. The van der Waals surface area contributed by atoms with E-state index in [9.17, 15) is 4.79 Å². The molecule has 0 heterocycles. The maximum atomic E-state index is 12.3. The van der Waals surface area contributed by atoms with Crippen LogP contribution in [0.2, 0.25) is 0 Å². The van der Waals surface area contributed by atoms with Crippen LogP contribution in [0.5, 0.6) is 11.5 Å². The lowest BCUT2D eigenvalue weighted by atomic mass is 10.1. The summed E-state index contributed by atoms with van der Waals surface area (Å²) in [6.07, 6.45) is 4.45. The van der Waals surface area contributed by atoms with Crippen LogP contribution in [0.4, 0.5) is 5.69 Å². The fourth-order valence-corrected chi connectivity index (χ4v) is 3.33. The van der Waals surface area contributed by atoms with Crippen LogP contribution < -0.4 is 14.8 Å². The topological polar surface area (TPSA) is 47.6 Å². The number of anilines is 1. The summed E-state index contributed by atoms with van der Waals surface area (Å²) >= 11 is 3.56. The number of ether oxygens (including phenoxy) is 2. The van der Waals surface area contributed by atoms with Crippen LogP contribution >= 0.6 is 15.9 Å². The van der Waals surface area contributed by atoms with Crippen molar-refractivity contribution in [1.82, 2.24) is 0 Å². The number of aryl methyl sites for hydroxylation is 2. The third kappa shape index (κ3) is 6.58. The van der Waals surface area contributed by atoms with Crippen molar-refractivity contribution in [1.29, 1.82) is 0 Å². The van der Waals surface area contributed by atoms with Crippen molar-refractivity contribution in [3.63, 3.8) is 0 Å². The van der Waals surface area contributed by atoms with Crippen molar-refractivity contribution < 1.29 is 14.3 Å². The minimum atomic E-state index is -0.00939. The number of rotatable bonds is 10. The smallest absolute Gasteiger partial charge is 0.224 e. The van der Waals surface area contributed by atoms with Crippen LogP contribution in [0, 0.1) is 0 Å². The van der Waals surface area contributed by atoms with E-state index < -0.39 is 0 Å². The van der Waals surface area contributed by atoms with E-state index in [1.165, 1.54) is 18.4 Å². The maximum absolute atomic E-state index is 12.3. The summed E-state index contributed by atoms with van der Waals surface area (Å²) in [6, 6.07) is 11.9. The van der Waals surface area contributed by atoms with Crippen LogP contribution in [0.25, 0.3) is 0 Å². The molecule has 1 N–H and O–H groups in total. The Balaban J connectivity index is 1.92. The molecule has 0 bridgehead atoms. The van der Waals surface area contributed by atoms with Gasteiger partial charge in [-0.1, -0.05) is 25.5 Å². The monoisotopic (exact) mass is 433 g/mol. The Morgan fingerprint density at radius 2 is 1.78 bits per heavy atom. The number of halogens is 1. The van der Waals surface area contributed by atoms with Crippen molar-refractivity contribution in [3.05, 3.63) is 52.0 Å². The predicted molar refractivity (Wildman–Crippen MR) is 114 cm³/mol. The molecule has 0 radical (unpaired) electrons. The molecule has 2 aromatic carbocycles. The number of carbonyl (C=O) groups excluding carboxylic acids is 1. The van der Waals surface area contributed by atoms with Crippen molar-refractivity contribution in [2.45, 2.75) is 46.0 Å². The Kier molecular flexibility index (Phi) is 8.65. The van der Waals surface area contributed by atoms with Gasteiger partial charge in [0.05, 0.1) is 19.4 Å². The highest BCUT2D eigenvalue weighted by Crippen LogP contribution is 2.29. The molecular weight excluding hydrogens is 406 g/mol. The fraction of sp³-hybridized carbons (Fsp3) is 0.409. The van der Waals surface area contributed by atoms with Crippen LogP contribution in [-0.2, 0) is 17.6 Å².